The molecule has 0 amide bonds. The minimum absolute atomic E-state index is 0.0173. The maximum Gasteiger partial charge on any atom is 0.275 e. The van der Waals surface area contributed by atoms with E-state index in [-0.39, 0.29) is 19.3 Å². The summed E-state index contributed by atoms with van der Waals surface area (Å²) in [6, 6.07) is 0. The number of rotatable bonds is 4. The SMILES string of the molecule is OC(O)CCCC(O)(O)O. The molecule has 10 heavy (non-hydrogen) atoms. The zero-order chi connectivity index (χ0) is 8.20. The van der Waals surface area contributed by atoms with E-state index in [1.54, 1.807) is 0 Å². The fraction of sp³-hybridized carbons (Fsp3) is 1.00. The predicted octanol–water partition coefficient (Wildman–Crippen LogP) is -1.90. The molecule has 0 bridgehead atoms. The lowest BCUT2D eigenvalue weighted by Gasteiger charge is -2.13. The van der Waals surface area contributed by atoms with E-state index in [0.717, 1.165) is 0 Å². The maximum absolute atomic E-state index is 8.28. The smallest absolute Gasteiger partial charge is 0.275 e. The summed E-state index contributed by atoms with van der Waals surface area (Å²) in [5, 5.41) is 41.4. The van der Waals surface area contributed by atoms with Gasteiger partial charge >= 0.3 is 0 Å². The molecule has 0 atom stereocenters. The quantitative estimate of drug-likeness (QED) is 0.303. The number of aliphatic hydroxyl groups is 5. The Morgan fingerprint density at radius 2 is 1.60 bits per heavy atom. The molecule has 0 aliphatic carbocycles. The second kappa shape index (κ2) is 3.85. The third kappa shape index (κ3) is 7.80. The van der Waals surface area contributed by atoms with Gasteiger partial charge in [0.15, 0.2) is 6.29 Å². The molecular weight excluding hydrogens is 140 g/mol. The van der Waals surface area contributed by atoms with Gasteiger partial charge < -0.3 is 25.5 Å². The van der Waals surface area contributed by atoms with Crippen LogP contribution in [0.2, 0.25) is 0 Å². The molecule has 0 saturated carbocycles. The molecule has 5 nitrogen and oxygen atoms in total. The van der Waals surface area contributed by atoms with Crippen LogP contribution in [0.4, 0.5) is 0 Å². The van der Waals surface area contributed by atoms with E-state index in [9.17, 15) is 0 Å². The van der Waals surface area contributed by atoms with Crippen LogP contribution in [0.5, 0.6) is 0 Å². The summed E-state index contributed by atoms with van der Waals surface area (Å²) in [7, 11) is 0. The lowest BCUT2D eigenvalue weighted by Crippen LogP contribution is -2.27. The van der Waals surface area contributed by atoms with Crippen LogP contribution in [0.1, 0.15) is 19.3 Å². The van der Waals surface area contributed by atoms with Gasteiger partial charge in [-0.1, -0.05) is 0 Å². The van der Waals surface area contributed by atoms with Crippen molar-refractivity contribution in [3.63, 3.8) is 0 Å². The number of hydrogen-bond acceptors (Lipinski definition) is 5. The van der Waals surface area contributed by atoms with Crippen molar-refractivity contribution in [1.82, 2.24) is 0 Å². The molecule has 0 aromatic carbocycles. The van der Waals surface area contributed by atoms with Crippen LogP contribution >= 0.6 is 0 Å². The van der Waals surface area contributed by atoms with E-state index >= 15 is 0 Å². The van der Waals surface area contributed by atoms with Crippen LogP contribution in [0.15, 0.2) is 0 Å². The summed E-state index contributed by atoms with van der Waals surface area (Å²) in [4.78, 5) is 0. The average Bonchev–Trinajstić information content (AvgIpc) is 1.59. The monoisotopic (exact) mass is 152 g/mol. The molecule has 0 spiro atoms. The first-order valence-corrected chi connectivity index (χ1v) is 2.95. The van der Waals surface area contributed by atoms with Crippen LogP contribution in [-0.4, -0.2) is 37.8 Å². The first kappa shape index (κ1) is 9.80. The first-order valence-electron chi connectivity index (χ1n) is 2.95. The zero-order valence-corrected chi connectivity index (χ0v) is 5.43. The molecule has 0 aromatic rings. The summed E-state index contributed by atoms with van der Waals surface area (Å²) in [5.41, 5.74) is 0. The third-order valence-electron chi connectivity index (χ3n) is 0.975. The number of hydrogen-bond donors (Lipinski definition) is 5. The van der Waals surface area contributed by atoms with E-state index in [4.69, 9.17) is 25.5 Å². The van der Waals surface area contributed by atoms with Gasteiger partial charge in [0.05, 0.1) is 0 Å². The minimum Gasteiger partial charge on any atom is -0.368 e. The largest absolute Gasteiger partial charge is 0.368 e. The predicted molar refractivity (Wildman–Crippen MR) is 31.5 cm³/mol. The molecule has 5 heteroatoms. The van der Waals surface area contributed by atoms with E-state index in [1.807, 2.05) is 0 Å². The molecule has 0 heterocycles. The summed E-state index contributed by atoms with van der Waals surface area (Å²) in [5.74, 6) is -2.69. The molecule has 5 N–H and O–H groups in total. The highest BCUT2D eigenvalue weighted by atomic mass is 16.7. The van der Waals surface area contributed by atoms with Crippen molar-refractivity contribution in [3.05, 3.63) is 0 Å². The normalized spacial score (nSPS) is 12.6. The lowest BCUT2D eigenvalue weighted by molar-refractivity contribution is -0.315. The molecule has 0 radical (unpaired) electrons. The van der Waals surface area contributed by atoms with Gasteiger partial charge in [-0.3, -0.25) is 0 Å². The van der Waals surface area contributed by atoms with Gasteiger partial charge in [0.1, 0.15) is 0 Å². The maximum atomic E-state index is 8.28. The highest BCUT2D eigenvalue weighted by molar-refractivity contribution is 4.49. The van der Waals surface area contributed by atoms with E-state index < -0.39 is 12.3 Å². The van der Waals surface area contributed by atoms with Crippen molar-refractivity contribution in [2.75, 3.05) is 0 Å². The average molecular weight is 152 g/mol. The molecule has 0 rings (SSSR count). The van der Waals surface area contributed by atoms with E-state index in [1.165, 1.54) is 0 Å². The minimum atomic E-state index is -2.69. The molecule has 0 unspecified atom stereocenters. The van der Waals surface area contributed by atoms with Gasteiger partial charge in [-0.05, 0) is 12.8 Å². The first-order chi connectivity index (χ1) is 4.42. The Hall–Kier alpha value is -0.200. The van der Waals surface area contributed by atoms with E-state index in [2.05, 4.69) is 0 Å². The Morgan fingerprint density at radius 3 is 1.90 bits per heavy atom. The Balaban J connectivity index is 3.21. The summed E-state index contributed by atoms with van der Waals surface area (Å²) in [6.45, 7) is 0. The molecule has 0 aliphatic heterocycles. The second-order valence-electron chi connectivity index (χ2n) is 2.15. The molecule has 0 aromatic heterocycles. The van der Waals surface area contributed by atoms with Gasteiger partial charge in [0, 0.05) is 6.42 Å². The van der Waals surface area contributed by atoms with Gasteiger partial charge in [-0.25, -0.2) is 0 Å². The van der Waals surface area contributed by atoms with Crippen molar-refractivity contribution >= 4 is 0 Å². The molecular formula is C5H12O5. The van der Waals surface area contributed by atoms with Crippen molar-refractivity contribution in [2.45, 2.75) is 31.5 Å². The van der Waals surface area contributed by atoms with Crippen LogP contribution in [0.25, 0.3) is 0 Å². The summed E-state index contributed by atoms with van der Waals surface area (Å²) in [6.07, 6.45) is -1.59. The standard InChI is InChI=1S/C5H12O5/c6-4(7)2-1-3-5(8,9)10/h4,6-10H,1-3H2. The van der Waals surface area contributed by atoms with Gasteiger partial charge in [0.25, 0.3) is 5.97 Å². The van der Waals surface area contributed by atoms with Crippen LogP contribution in [0.3, 0.4) is 0 Å². The topological polar surface area (TPSA) is 101 Å². The Labute approximate surface area is 58.2 Å². The van der Waals surface area contributed by atoms with Crippen LogP contribution in [0, 0.1) is 0 Å². The lowest BCUT2D eigenvalue weighted by atomic mass is 10.2. The fourth-order valence-corrected chi connectivity index (χ4v) is 0.522. The van der Waals surface area contributed by atoms with Gasteiger partial charge in [-0.2, -0.15) is 0 Å². The fourth-order valence-electron chi connectivity index (χ4n) is 0.522. The van der Waals surface area contributed by atoms with Gasteiger partial charge in [-0.15, -0.1) is 0 Å². The summed E-state index contributed by atoms with van der Waals surface area (Å²) < 4.78 is 0. The summed E-state index contributed by atoms with van der Waals surface area (Å²) >= 11 is 0. The highest BCUT2D eigenvalue weighted by Gasteiger charge is 2.17. The number of aliphatic hydroxyl groups excluding tert-OH is 1. The van der Waals surface area contributed by atoms with E-state index in [0.29, 0.717) is 0 Å². The molecule has 0 saturated heterocycles. The van der Waals surface area contributed by atoms with Crippen molar-refractivity contribution < 1.29 is 25.5 Å². The molecule has 0 fully saturated rings. The van der Waals surface area contributed by atoms with Crippen LogP contribution in [-0.2, 0) is 0 Å². The molecule has 62 valence electrons. The van der Waals surface area contributed by atoms with Crippen molar-refractivity contribution in [1.29, 1.82) is 0 Å². The van der Waals surface area contributed by atoms with Gasteiger partial charge in [0.2, 0.25) is 0 Å². The van der Waals surface area contributed by atoms with Crippen LogP contribution < -0.4 is 0 Å². The molecule has 0 aliphatic rings. The third-order valence-corrected chi connectivity index (χ3v) is 0.975. The highest BCUT2D eigenvalue weighted by Crippen LogP contribution is 2.07. The van der Waals surface area contributed by atoms with Crippen molar-refractivity contribution in [2.24, 2.45) is 0 Å². The Morgan fingerprint density at radius 1 is 1.10 bits per heavy atom. The Bertz CT molecular complexity index is 84.5. The Kier molecular flexibility index (Phi) is 3.77. The zero-order valence-electron chi connectivity index (χ0n) is 5.43. The van der Waals surface area contributed by atoms with Crippen molar-refractivity contribution in [3.8, 4) is 0 Å². The second-order valence-corrected chi connectivity index (χ2v) is 2.15.